The Morgan fingerprint density at radius 2 is 2.05 bits per heavy atom. The van der Waals surface area contributed by atoms with Gasteiger partial charge < -0.3 is 10.3 Å². The molecule has 110 valence electrons. The maximum Gasteiger partial charge on any atom is 0.196 e. The monoisotopic (exact) mass is 364 g/mol. The van der Waals surface area contributed by atoms with Crippen LogP contribution in [0.1, 0.15) is 49.0 Å². The number of nitrogens with zero attached hydrogens (tertiary/aromatic N) is 3. The summed E-state index contributed by atoms with van der Waals surface area (Å²) in [5, 5.41) is 9.94. The quantitative estimate of drug-likeness (QED) is 0.874. The third-order valence-electron chi connectivity index (χ3n) is 4.03. The summed E-state index contributed by atoms with van der Waals surface area (Å²) >= 11 is 5.28. The zero-order valence-corrected chi connectivity index (χ0v) is 14.0. The lowest BCUT2D eigenvalue weighted by Crippen LogP contribution is -2.03. The van der Waals surface area contributed by atoms with Gasteiger partial charge in [-0.25, -0.2) is 0 Å². The zero-order chi connectivity index (χ0) is 14.4. The highest BCUT2D eigenvalue weighted by molar-refractivity contribution is 9.10. The van der Waals surface area contributed by atoms with E-state index in [9.17, 15) is 0 Å². The second-order valence-corrected chi connectivity index (χ2v) is 7.60. The molecule has 2 saturated carbocycles. The van der Waals surface area contributed by atoms with Crippen molar-refractivity contribution in [3.8, 4) is 0 Å². The minimum absolute atomic E-state index is 0.525. The van der Waals surface area contributed by atoms with Crippen LogP contribution in [0.3, 0.4) is 0 Å². The minimum Gasteiger partial charge on any atom is -0.326 e. The number of hydrogen-bond acceptors (Lipinski definition) is 4. The van der Waals surface area contributed by atoms with Crippen molar-refractivity contribution in [2.75, 3.05) is 0 Å². The summed E-state index contributed by atoms with van der Waals surface area (Å²) < 4.78 is 3.44. The van der Waals surface area contributed by atoms with E-state index in [1.54, 1.807) is 11.8 Å². The van der Waals surface area contributed by atoms with Crippen LogP contribution < -0.4 is 5.73 Å². The molecule has 0 aliphatic heterocycles. The number of hydrogen-bond donors (Lipinski definition) is 1. The molecule has 0 unspecified atom stereocenters. The van der Waals surface area contributed by atoms with E-state index >= 15 is 0 Å². The van der Waals surface area contributed by atoms with Gasteiger partial charge in [0.15, 0.2) is 5.16 Å². The van der Waals surface area contributed by atoms with Crippen LogP contribution in [-0.4, -0.2) is 14.8 Å². The Kier molecular flexibility index (Phi) is 3.55. The van der Waals surface area contributed by atoms with E-state index < -0.39 is 0 Å². The molecule has 0 bridgehead atoms. The van der Waals surface area contributed by atoms with Crippen LogP contribution in [-0.2, 0) is 6.54 Å². The normalized spacial score (nSPS) is 18.2. The van der Waals surface area contributed by atoms with Gasteiger partial charge in [0.25, 0.3) is 0 Å². The molecule has 21 heavy (non-hydrogen) atoms. The third kappa shape index (κ3) is 2.64. The lowest BCUT2D eigenvalue weighted by molar-refractivity contribution is 0.627. The van der Waals surface area contributed by atoms with E-state index in [2.05, 4.69) is 36.8 Å². The van der Waals surface area contributed by atoms with Gasteiger partial charge in [-0.05, 0) is 55.1 Å². The van der Waals surface area contributed by atoms with Gasteiger partial charge in [-0.15, -0.1) is 10.2 Å². The first kappa shape index (κ1) is 13.8. The molecule has 2 aromatic rings. The summed E-state index contributed by atoms with van der Waals surface area (Å²) in [6.45, 7) is 0.525. The van der Waals surface area contributed by atoms with Crippen LogP contribution in [0.2, 0.25) is 0 Å². The third-order valence-corrected chi connectivity index (χ3v) is 5.83. The summed E-state index contributed by atoms with van der Waals surface area (Å²) in [5.74, 6) is 1.84. The molecule has 0 radical (unpaired) electrons. The van der Waals surface area contributed by atoms with E-state index in [0.717, 1.165) is 15.2 Å². The van der Waals surface area contributed by atoms with Crippen molar-refractivity contribution in [3.05, 3.63) is 34.1 Å². The second kappa shape index (κ2) is 5.41. The largest absolute Gasteiger partial charge is 0.326 e. The van der Waals surface area contributed by atoms with Crippen molar-refractivity contribution in [3.63, 3.8) is 0 Å². The molecule has 2 aliphatic rings. The number of nitrogens with two attached hydrogens (primary N) is 1. The van der Waals surface area contributed by atoms with Crippen molar-refractivity contribution >= 4 is 27.7 Å². The summed E-state index contributed by atoms with van der Waals surface area (Å²) in [7, 11) is 0. The van der Waals surface area contributed by atoms with E-state index in [-0.39, 0.29) is 0 Å². The van der Waals surface area contributed by atoms with E-state index in [1.807, 2.05) is 12.1 Å². The number of halogens is 1. The number of rotatable bonds is 5. The molecule has 6 heteroatoms. The topological polar surface area (TPSA) is 56.7 Å². The Balaban J connectivity index is 1.70. The highest BCUT2D eigenvalue weighted by Gasteiger charge is 2.36. The highest BCUT2D eigenvalue weighted by atomic mass is 79.9. The van der Waals surface area contributed by atoms with Crippen LogP contribution in [0.4, 0.5) is 0 Å². The van der Waals surface area contributed by atoms with Gasteiger partial charge in [-0.1, -0.05) is 22.0 Å². The first-order chi connectivity index (χ1) is 10.3. The fraction of sp³-hybridized carbons (Fsp3) is 0.467. The Hall–Kier alpha value is -0.850. The van der Waals surface area contributed by atoms with Gasteiger partial charge in [0.05, 0.1) is 0 Å². The minimum atomic E-state index is 0.525. The average Bonchev–Trinajstić information content (AvgIpc) is 3.39. The van der Waals surface area contributed by atoms with Crippen molar-refractivity contribution in [1.82, 2.24) is 14.8 Å². The van der Waals surface area contributed by atoms with Crippen LogP contribution in [0, 0.1) is 0 Å². The Morgan fingerprint density at radius 1 is 1.24 bits per heavy atom. The molecule has 4 nitrogen and oxygen atoms in total. The first-order valence-electron chi connectivity index (χ1n) is 7.38. The smallest absolute Gasteiger partial charge is 0.196 e. The Labute approximate surface area is 136 Å². The average molecular weight is 365 g/mol. The molecule has 1 aromatic carbocycles. The molecular weight excluding hydrogens is 348 g/mol. The van der Waals surface area contributed by atoms with Gasteiger partial charge in [0.2, 0.25) is 0 Å². The van der Waals surface area contributed by atoms with Crippen LogP contribution in [0.25, 0.3) is 0 Å². The predicted molar refractivity (Wildman–Crippen MR) is 86.4 cm³/mol. The molecule has 2 N–H and O–H groups in total. The van der Waals surface area contributed by atoms with Crippen molar-refractivity contribution in [2.24, 2.45) is 5.73 Å². The molecule has 1 heterocycles. The molecule has 2 fully saturated rings. The summed E-state index contributed by atoms with van der Waals surface area (Å²) in [6, 6.07) is 6.81. The molecule has 0 spiro atoms. The highest BCUT2D eigenvalue weighted by Crippen LogP contribution is 2.47. The van der Waals surface area contributed by atoms with Crippen LogP contribution in [0.5, 0.6) is 0 Å². The fourth-order valence-corrected chi connectivity index (χ4v) is 4.33. The summed E-state index contributed by atoms with van der Waals surface area (Å²) in [4.78, 5) is 1.17. The molecular formula is C15H17BrN4S. The van der Waals surface area contributed by atoms with Crippen molar-refractivity contribution in [1.29, 1.82) is 0 Å². The van der Waals surface area contributed by atoms with Crippen LogP contribution >= 0.6 is 27.7 Å². The van der Waals surface area contributed by atoms with E-state index in [0.29, 0.717) is 18.5 Å². The van der Waals surface area contributed by atoms with Gasteiger partial charge in [0.1, 0.15) is 5.82 Å². The molecule has 1 aromatic heterocycles. The molecule has 0 atom stereocenters. The van der Waals surface area contributed by atoms with Gasteiger partial charge in [-0.2, -0.15) is 0 Å². The van der Waals surface area contributed by atoms with Gasteiger partial charge in [-0.3, -0.25) is 0 Å². The molecule has 0 amide bonds. The molecule has 2 aliphatic carbocycles. The maximum absolute atomic E-state index is 5.89. The molecule has 4 rings (SSSR count). The lowest BCUT2D eigenvalue weighted by atomic mass is 10.2. The lowest BCUT2D eigenvalue weighted by Gasteiger charge is -2.11. The maximum atomic E-state index is 5.89. The Bertz CT molecular complexity index is 676. The van der Waals surface area contributed by atoms with E-state index in [1.165, 1.54) is 36.4 Å². The molecule has 0 saturated heterocycles. The zero-order valence-electron chi connectivity index (χ0n) is 11.6. The van der Waals surface area contributed by atoms with Gasteiger partial charge in [0, 0.05) is 27.9 Å². The van der Waals surface area contributed by atoms with E-state index in [4.69, 9.17) is 5.73 Å². The predicted octanol–water partition coefficient (Wildman–Crippen LogP) is 3.86. The number of benzene rings is 1. The van der Waals surface area contributed by atoms with Crippen molar-refractivity contribution < 1.29 is 0 Å². The fourth-order valence-electron chi connectivity index (χ4n) is 2.58. The number of aromatic nitrogens is 3. The van der Waals surface area contributed by atoms with Crippen LogP contribution in [0.15, 0.2) is 32.7 Å². The summed E-state index contributed by atoms with van der Waals surface area (Å²) in [5.41, 5.74) is 7.03. The van der Waals surface area contributed by atoms with Gasteiger partial charge >= 0.3 is 0 Å². The SMILES string of the molecule is NCc1c(Br)cccc1Sc1nnc(C2CC2)n1C1CC1. The Morgan fingerprint density at radius 3 is 2.71 bits per heavy atom. The second-order valence-electron chi connectivity index (χ2n) is 5.74. The first-order valence-corrected chi connectivity index (χ1v) is 8.99. The van der Waals surface area contributed by atoms with Crippen molar-refractivity contribution in [2.45, 2.75) is 54.2 Å². The standard InChI is InChI=1S/C15H17BrN4S/c16-12-2-1-3-13(11(12)8-17)21-15-19-18-14(9-4-5-9)20(15)10-6-7-10/h1-3,9-10H,4-8,17H2. The summed E-state index contributed by atoms with van der Waals surface area (Å²) in [6.07, 6.45) is 5.04.